The van der Waals surface area contributed by atoms with Crippen LogP contribution in [0.5, 0.6) is 0 Å². The summed E-state index contributed by atoms with van der Waals surface area (Å²) in [7, 11) is -0.615. The summed E-state index contributed by atoms with van der Waals surface area (Å²) in [4.78, 5) is 30.3. The van der Waals surface area contributed by atoms with Gasteiger partial charge in [0.1, 0.15) is 12.4 Å². The predicted molar refractivity (Wildman–Crippen MR) is 112 cm³/mol. The molecule has 162 valence electrons. The van der Waals surface area contributed by atoms with Crippen molar-refractivity contribution in [1.29, 1.82) is 0 Å². The number of hydrogen-bond donors (Lipinski definition) is 0. The van der Waals surface area contributed by atoms with Crippen molar-refractivity contribution in [3.05, 3.63) is 24.0 Å². The van der Waals surface area contributed by atoms with Crippen molar-refractivity contribution in [2.75, 3.05) is 26.4 Å². The number of esters is 1. The standard InChI is InChI=1S/C19H24N4O5S2/c1-4-22-15-6-5-13(30(26,27)21(2)3)11-14(15)20-16(22)12-28-18(25)19-8-7-17(24)23(19)9-10-29-19/h5-6,11H,4,7-10,12H2,1-3H3/t19-/m1/s1. The zero-order valence-corrected chi connectivity index (χ0v) is 18.8. The Bertz CT molecular complexity index is 1130. The Hall–Kier alpha value is -2.11. The third-order valence-corrected chi connectivity index (χ3v) is 8.88. The number of ether oxygens (including phenoxy) is 1. The van der Waals surface area contributed by atoms with Crippen LogP contribution in [0, 0.1) is 0 Å². The SMILES string of the molecule is CCn1c(COC(=O)[C@]23CCC(=O)N2CCS3)nc2cc(S(=O)(=O)N(C)C)ccc21. The van der Waals surface area contributed by atoms with Gasteiger partial charge in [-0.3, -0.25) is 4.79 Å². The highest BCUT2D eigenvalue weighted by Crippen LogP contribution is 2.45. The molecule has 0 spiro atoms. The van der Waals surface area contributed by atoms with Gasteiger partial charge in [0.15, 0.2) is 4.87 Å². The molecule has 9 nitrogen and oxygen atoms in total. The normalized spacial score (nSPS) is 21.6. The van der Waals surface area contributed by atoms with Crippen molar-refractivity contribution in [3.8, 4) is 0 Å². The van der Waals surface area contributed by atoms with Crippen molar-refractivity contribution in [2.24, 2.45) is 0 Å². The molecule has 0 radical (unpaired) electrons. The summed E-state index contributed by atoms with van der Waals surface area (Å²) in [6.45, 7) is 3.06. The maximum absolute atomic E-state index is 12.9. The van der Waals surface area contributed by atoms with E-state index in [1.54, 1.807) is 17.0 Å². The third kappa shape index (κ3) is 3.19. The summed E-state index contributed by atoms with van der Waals surface area (Å²) in [6, 6.07) is 4.80. The third-order valence-electron chi connectivity index (χ3n) is 5.62. The van der Waals surface area contributed by atoms with Crippen LogP contribution in [-0.4, -0.2) is 70.3 Å². The van der Waals surface area contributed by atoms with E-state index in [-0.39, 0.29) is 17.4 Å². The zero-order valence-electron chi connectivity index (χ0n) is 17.1. The van der Waals surface area contributed by atoms with E-state index in [0.717, 1.165) is 15.6 Å². The fraction of sp³-hybridized carbons (Fsp3) is 0.526. The molecular formula is C19H24N4O5S2. The lowest BCUT2D eigenvalue weighted by atomic mass is 10.2. The Labute approximate surface area is 179 Å². The lowest BCUT2D eigenvalue weighted by Gasteiger charge is -2.28. The Morgan fingerprint density at radius 1 is 1.37 bits per heavy atom. The molecule has 30 heavy (non-hydrogen) atoms. The second-order valence-corrected chi connectivity index (χ2v) is 11.0. The number of thioether (sulfide) groups is 1. The second-order valence-electron chi connectivity index (χ2n) is 7.46. The Morgan fingerprint density at radius 2 is 2.13 bits per heavy atom. The van der Waals surface area contributed by atoms with Gasteiger partial charge in [-0.05, 0) is 31.5 Å². The van der Waals surface area contributed by atoms with Gasteiger partial charge in [0.25, 0.3) is 0 Å². The molecular weight excluding hydrogens is 428 g/mol. The highest BCUT2D eigenvalue weighted by molar-refractivity contribution is 8.01. The van der Waals surface area contributed by atoms with Gasteiger partial charge in [0.2, 0.25) is 15.9 Å². The number of nitrogens with zero attached hydrogens (tertiary/aromatic N) is 4. The van der Waals surface area contributed by atoms with Gasteiger partial charge in [0.05, 0.1) is 15.9 Å². The highest BCUT2D eigenvalue weighted by atomic mass is 32.2. The van der Waals surface area contributed by atoms with E-state index in [1.165, 1.54) is 31.9 Å². The van der Waals surface area contributed by atoms with Crippen molar-refractivity contribution < 1.29 is 22.7 Å². The second kappa shape index (κ2) is 7.54. The Morgan fingerprint density at radius 3 is 2.83 bits per heavy atom. The van der Waals surface area contributed by atoms with E-state index in [9.17, 15) is 18.0 Å². The van der Waals surface area contributed by atoms with Crippen LogP contribution in [0.4, 0.5) is 0 Å². The molecule has 2 aromatic rings. The summed E-state index contributed by atoms with van der Waals surface area (Å²) < 4.78 is 33.5. The number of benzene rings is 1. The van der Waals surface area contributed by atoms with E-state index in [2.05, 4.69) is 4.98 Å². The maximum atomic E-state index is 12.9. The van der Waals surface area contributed by atoms with Crippen LogP contribution < -0.4 is 0 Å². The molecule has 11 heteroatoms. The van der Waals surface area contributed by atoms with E-state index in [1.807, 2.05) is 11.5 Å². The monoisotopic (exact) mass is 452 g/mol. The minimum absolute atomic E-state index is 0.00706. The molecule has 2 fully saturated rings. The molecule has 0 aliphatic carbocycles. The largest absolute Gasteiger partial charge is 0.455 e. The van der Waals surface area contributed by atoms with Crippen LogP contribution in [0.25, 0.3) is 11.0 Å². The molecule has 3 heterocycles. The molecule has 1 aromatic heterocycles. The van der Waals surface area contributed by atoms with Gasteiger partial charge in [-0.2, -0.15) is 0 Å². The molecule has 2 aliphatic rings. The van der Waals surface area contributed by atoms with Gasteiger partial charge in [-0.15, -0.1) is 11.8 Å². The molecule has 0 saturated carbocycles. The fourth-order valence-corrected chi connectivity index (χ4v) is 6.32. The van der Waals surface area contributed by atoms with Crippen molar-refractivity contribution in [1.82, 2.24) is 18.8 Å². The minimum Gasteiger partial charge on any atom is -0.455 e. The average molecular weight is 453 g/mol. The number of carbonyl (C=O) groups excluding carboxylic acids is 2. The summed E-state index contributed by atoms with van der Waals surface area (Å²) in [5, 5.41) is 0. The van der Waals surface area contributed by atoms with Crippen LogP contribution in [0.1, 0.15) is 25.6 Å². The molecule has 1 atom stereocenters. The van der Waals surface area contributed by atoms with E-state index in [4.69, 9.17) is 4.74 Å². The van der Waals surface area contributed by atoms with E-state index in [0.29, 0.717) is 37.3 Å². The summed E-state index contributed by atoms with van der Waals surface area (Å²) in [5.74, 6) is 0.835. The first-order valence-electron chi connectivity index (χ1n) is 9.74. The maximum Gasteiger partial charge on any atom is 0.343 e. The highest BCUT2D eigenvalue weighted by Gasteiger charge is 2.56. The number of fused-ring (bicyclic) bond motifs is 2. The minimum atomic E-state index is -3.57. The van der Waals surface area contributed by atoms with Gasteiger partial charge in [-0.1, -0.05) is 0 Å². The van der Waals surface area contributed by atoms with E-state index >= 15 is 0 Å². The number of aromatic nitrogens is 2. The average Bonchev–Trinajstić information content (AvgIpc) is 3.38. The van der Waals surface area contributed by atoms with Crippen LogP contribution >= 0.6 is 11.8 Å². The molecule has 2 saturated heterocycles. The Balaban J connectivity index is 1.60. The smallest absolute Gasteiger partial charge is 0.343 e. The van der Waals surface area contributed by atoms with Crippen molar-refractivity contribution in [3.63, 3.8) is 0 Å². The molecule has 1 amide bonds. The number of amides is 1. The lowest BCUT2D eigenvalue weighted by molar-refractivity contribution is -0.154. The first-order valence-corrected chi connectivity index (χ1v) is 12.2. The number of aryl methyl sites for hydroxylation is 1. The number of sulfonamides is 1. The first-order chi connectivity index (χ1) is 14.2. The molecule has 0 N–H and O–H groups in total. The number of hydrogen-bond acceptors (Lipinski definition) is 7. The quantitative estimate of drug-likeness (QED) is 0.611. The zero-order chi connectivity index (χ0) is 21.7. The number of imidazole rings is 1. The number of carbonyl (C=O) groups is 2. The molecule has 4 rings (SSSR count). The summed E-state index contributed by atoms with van der Waals surface area (Å²) in [5.41, 5.74) is 1.30. The van der Waals surface area contributed by atoms with Gasteiger partial charge in [0, 0.05) is 39.4 Å². The predicted octanol–water partition coefficient (Wildman–Crippen LogP) is 1.42. The van der Waals surface area contributed by atoms with Crippen LogP contribution in [-0.2, 0) is 37.5 Å². The van der Waals surface area contributed by atoms with E-state index < -0.39 is 20.9 Å². The van der Waals surface area contributed by atoms with Gasteiger partial charge < -0.3 is 14.2 Å². The summed E-state index contributed by atoms with van der Waals surface area (Å²) >= 11 is 1.46. The fourth-order valence-electron chi connectivity index (χ4n) is 4.02. The van der Waals surface area contributed by atoms with Crippen molar-refractivity contribution in [2.45, 2.75) is 42.7 Å². The lowest BCUT2D eigenvalue weighted by Crippen LogP contribution is -2.46. The summed E-state index contributed by atoms with van der Waals surface area (Å²) in [6.07, 6.45) is 0.823. The van der Waals surface area contributed by atoms with Crippen molar-refractivity contribution >= 4 is 44.7 Å². The first kappa shape index (κ1) is 21.1. The molecule has 0 bridgehead atoms. The topological polar surface area (TPSA) is 102 Å². The molecule has 1 aromatic carbocycles. The molecule has 0 unspecified atom stereocenters. The number of rotatable bonds is 6. The van der Waals surface area contributed by atoms with Gasteiger partial charge >= 0.3 is 5.97 Å². The Kier molecular flexibility index (Phi) is 5.31. The molecule has 2 aliphatic heterocycles. The van der Waals surface area contributed by atoms with Crippen LogP contribution in [0.3, 0.4) is 0 Å². The van der Waals surface area contributed by atoms with Crippen LogP contribution in [0.2, 0.25) is 0 Å². The van der Waals surface area contributed by atoms with Gasteiger partial charge in [-0.25, -0.2) is 22.5 Å². The van der Waals surface area contributed by atoms with Crippen LogP contribution in [0.15, 0.2) is 23.1 Å².